The van der Waals surface area contributed by atoms with Gasteiger partial charge in [-0.25, -0.2) is 0 Å². The minimum atomic E-state index is -1.39. The molecule has 1 amide bonds. The van der Waals surface area contributed by atoms with Crippen molar-refractivity contribution in [3.63, 3.8) is 0 Å². The Balaban J connectivity index is 2.28. The van der Waals surface area contributed by atoms with E-state index >= 15 is 0 Å². The van der Waals surface area contributed by atoms with Crippen molar-refractivity contribution >= 4 is 34.0 Å². The molecule has 4 N–H and O–H groups in total. The van der Waals surface area contributed by atoms with E-state index in [0.717, 1.165) is 5.56 Å². The molecular formula is C14H13ClN2O2S. The van der Waals surface area contributed by atoms with Crippen LogP contribution in [0, 0.1) is 0 Å². The summed E-state index contributed by atoms with van der Waals surface area (Å²) >= 11 is 6.03. The fourth-order valence-corrected chi connectivity index (χ4v) is 3.49. The Hall–Kier alpha value is -1.85. The van der Waals surface area contributed by atoms with Crippen LogP contribution in [-0.4, -0.2) is 10.1 Å². The van der Waals surface area contributed by atoms with Gasteiger partial charge in [0.1, 0.15) is 0 Å². The highest BCUT2D eigenvalue weighted by Gasteiger charge is 2.13. The van der Waals surface area contributed by atoms with Gasteiger partial charge < -0.3 is 11.5 Å². The van der Waals surface area contributed by atoms with Gasteiger partial charge in [0.05, 0.1) is 26.5 Å². The van der Waals surface area contributed by atoms with Gasteiger partial charge in [-0.1, -0.05) is 29.8 Å². The van der Waals surface area contributed by atoms with Crippen LogP contribution in [0.4, 0.5) is 5.69 Å². The van der Waals surface area contributed by atoms with E-state index in [4.69, 9.17) is 23.1 Å². The normalized spacial score (nSPS) is 12.1. The highest BCUT2D eigenvalue weighted by atomic mass is 35.5. The number of hydrogen-bond acceptors (Lipinski definition) is 3. The molecule has 20 heavy (non-hydrogen) atoms. The monoisotopic (exact) mass is 308 g/mol. The van der Waals surface area contributed by atoms with E-state index in [0.29, 0.717) is 21.2 Å². The zero-order valence-electron chi connectivity index (χ0n) is 10.5. The van der Waals surface area contributed by atoms with E-state index in [1.54, 1.807) is 42.5 Å². The van der Waals surface area contributed by atoms with Crippen molar-refractivity contribution in [2.75, 3.05) is 5.73 Å². The summed E-state index contributed by atoms with van der Waals surface area (Å²) in [7, 11) is -1.39. The molecule has 0 spiro atoms. The summed E-state index contributed by atoms with van der Waals surface area (Å²) in [5.74, 6) is -0.301. The van der Waals surface area contributed by atoms with Crippen molar-refractivity contribution in [3.8, 4) is 0 Å². The number of benzene rings is 2. The minimum absolute atomic E-state index is 0.217. The van der Waals surface area contributed by atoms with Gasteiger partial charge in [0.2, 0.25) is 5.91 Å². The Kier molecular flexibility index (Phi) is 4.42. The Morgan fingerprint density at radius 2 is 1.90 bits per heavy atom. The highest BCUT2D eigenvalue weighted by Crippen LogP contribution is 2.27. The zero-order chi connectivity index (χ0) is 14.7. The number of rotatable bonds is 4. The summed E-state index contributed by atoms with van der Waals surface area (Å²) in [6, 6.07) is 11.7. The maximum Gasteiger partial charge on any atom is 0.248 e. The molecular weight excluding hydrogens is 296 g/mol. The molecule has 2 aromatic carbocycles. The second kappa shape index (κ2) is 6.07. The molecule has 0 heterocycles. The van der Waals surface area contributed by atoms with Crippen LogP contribution in [0.2, 0.25) is 5.02 Å². The van der Waals surface area contributed by atoms with Crippen LogP contribution in [0.1, 0.15) is 15.9 Å². The smallest absolute Gasteiger partial charge is 0.248 e. The molecule has 0 saturated heterocycles. The zero-order valence-corrected chi connectivity index (χ0v) is 12.1. The van der Waals surface area contributed by atoms with E-state index in [1.807, 2.05) is 0 Å². The third-order valence-corrected chi connectivity index (χ3v) is 4.67. The van der Waals surface area contributed by atoms with E-state index in [1.165, 1.54) is 0 Å². The van der Waals surface area contributed by atoms with Crippen LogP contribution in [-0.2, 0) is 16.6 Å². The molecule has 4 nitrogen and oxygen atoms in total. The molecule has 0 bridgehead atoms. The molecule has 104 valence electrons. The number of nitrogens with two attached hydrogens (primary N) is 2. The molecule has 1 atom stereocenters. The number of anilines is 1. The lowest BCUT2D eigenvalue weighted by Crippen LogP contribution is -2.11. The first-order chi connectivity index (χ1) is 9.49. The quantitative estimate of drug-likeness (QED) is 0.850. The number of hydrogen-bond donors (Lipinski definition) is 2. The molecule has 6 heteroatoms. The Morgan fingerprint density at radius 1 is 1.20 bits per heavy atom. The molecule has 0 aromatic heterocycles. The molecule has 0 aliphatic rings. The second-order valence-corrected chi connectivity index (χ2v) is 6.01. The number of nitrogen functional groups attached to an aromatic ring is 1. The van der Waals surface area contributed by atoms with Crippen molar-refractivity contribution < 1.29 is 9.00 Å². The van der Waals surface area contributed by atoms with Crippen LogP contribution < -0.4 is 11.5 Å². The van der Waals surface area contributed by atoms with E-state index in [2.05, 4.69) is 0 Å². The van der Waals surface area contributed by atoms with Crippen LogP contribution in [0.15, 0.2) is 47.4 Å². The van der Waals surface area contributed by atoms with Crippen LogP contribution in [0.3, 0.4) is 0 Å². The number of amides is 1. The van der Waals surface area contributed by atoms with Crippen molar-refractivity contribution in [1.82, 2.24) is 0 Å². The van der Waals surface area contributed by atoms with Crippen molar-refractivity contribution in [3.05, 3.63) is 58.6 Å². The minimum Gasteiger partial charge on any atom is -0.398 e. The van der Waals surface area contributed by atoms with Crippen LogP contribution in [0.5, 0.6) is 0 Å². The van der Waals surface area contributed by atoms with Gasteiger partial charge in [-0.2, -0.15) is 0 Å². The summed E-state index contributed by atoms with van der Waals surface area (Å²) < 4.78 is 12.4. The van der Waals surface area contributed by atoms with Crippen molar-refractivity contribution in [2.24, 2.45) is 5.73 Å². The average molecular weight is 309 g/mol. The first-order valence-electron chi connectivity index (χ1n) is 5.80. The second-order valence-electron chi connectivity index (χ2n) is 4.21. The van der Waals surface area contributed by atoms with Gasteiger partial charge in [-0.3, -0.25) is 9.00 Å². The predicted molar refractivity (Wildman–Crippen MR) is 80.9 cm³/mol. The molecule has 1 unspecified atom stereocenters. The maximum absolute atomic E-state index is 12.4. The Labute approximate surface area is 124 Å². The summed E-state index contributed by atoms with van der Waals surface area (Å²) in [5.41, 5.74) is 12.5. The first kappa shape index (κ1) is 14.6. The summed E-state index contributed by atoms with van der Waals surface area (Å²) in [5, 5.41) is 0.370. The van der Waals surface area contributed by atoms with E-state index in [9.17, 15) is 9.00 Å². The van der Waals surface area contributed by atoms with Gasteiger partial charge >= 0.3 is 0 Å². The third-order valence-electron chi connectivity index (χ3n) is 2.73. The van der Waals surface area contributed by atoms with Gasteiger partial charge in [0, 0.05) is 11.3 Å². The lowest BCUT2D eigenvalue weighted by Gasteiger charge is -2.08. The van der Waals surface area contributed by atoms with Gasteiger partial charge in [-0.05, 0) is 29.8 Å². The highest BCUT2D eigenvalue weighted by molar-refractivity contribution is 7.84. The van der Waals surface area contributed by atoms with Gasteiger partial charge in [0.15, 0.2) is 0 Å². The molecule has 0 aliphatic carbocycles. The Morgan fingerprint density at radius 3 is 2.55 bits per heavy atom. The SMILES string of the molecule is NC(=O)c1cccc(CS(=O)c2c(N)cccc2Cl)c1. The number of halogens is 1. The standard InChI is InChI=1S/C14H13ClN2O2S/c15-11-5-2-6-12(16)13(11)20(19)8-9-3-1-4-10(7-9)14(17)18/h1-7H,8,16H2,(H2,17,18). The summed E-state index contributed by atoms with van der Waals surface area (Å²) in [4.78, 5) is 11.5. The lowest BCUT2D eigenvalue weighted by atomic mass is 10.1. The van der Waals surface area contributed by atoms with Gasteiger partial charge in [0.25, 0.3) is 0 Å². The molecule has 0 radical (unpaired) electrons. The Bertz CT molecular complexity index is 668. The molecule has 0 aliphatic heterocycles. The molecule has 0 saturated carbocycles. The average Bonchev–Trinajstić information content (AvgIpc) is 2.38. The summed E-state index contributed by atoms with van der Waals surface area (Å²) in [6.07, 6.45) is 0. The van der Waals surface area contributed by atoms with Crippen molar-refractivity contribution in [1.29, 1.82) is 0 Å². The van der Waals surface area contributed by atoms with E-state index < -0.39 is 16.7 Å². The summed E-state index contributed by atoms with van der Waals surface area (Å²) in [6.45, 7) is 0. The first-order valence-corrected chi connectivity index (χ1v) is 7.50. The predicted octanol–water partition coefficient (Wildman–Crippen LogP) is 2.33. The molecule has 2 rings (SSSR count). The maximum atomic E-state index is 12.4. The molecule has 2 aromatic rings. The fraction of sp³-hybridized carbons (Fsp3) is 0.0714. The van der Waals surface area contributed by atoms with E-state index in [-0.39, 0.29) is 5.75 Å². The fourth-order valence-electron chi connectivity index (χ4n) is 1.80. The number of primary amides is 1. The van der Waals surface area contributed by atoms with Crippen LogP contribution in [0.25, 0.3) is 0 Å². The lowest BCUT2D eigenvalue weighted by molar-refractivity contribution is 0.1000. The van der Waals surface area contributed by atoms with Crippen molar-refractivity contribution in [2.45, 2.75) is 10.6 Å². The largest absolute Gasteiger partial charge is 0.398 e. The topological polar surface area (TPSA) is 86.2 Å². The van der Waals surface area contributed by atoms with Crippen LogP contribution >= 0.6 is 11.6 Å². The third kappa shape index (κ3) is 3.18. The number of carbonyl (C=O) groups is 1. The number of carbonyl (C=O) groups excluding carboxylic acids is 1. The van der Waals surface area contributed by atoms with Gasteiger partial charge in [-0.15, -0.1) is 0 Å². The molecule has 0 fully saturated rings.